The summed E-state index contributed by atoms with van der Waals surface area (Å²) in [5.41, 5.74) is 3.24. The second-order valence-electron chi connectivity index (χ2n) is 8.56. The number of anilines is 1. The van der Waals surface area contributed by atoms with Crippen molar-refractivity contribution < 1.29 is 32.6 Å². The lowest BCUT2D eigenvalue weighted by molar-refractivity contribution is -0.192. The van der Waals surface area contributed by atoms with E-state index in [2.05, 4.69) is 49.7 Å². The Kier molecular flexibility index (Phi) is 8.22. The Hall–Kier alpha value is -4.45. The van der Waals surface area contributed by atoms with E-state index in [0.29, 0.717) is 17.1 Å². The van der Waals surface area contributed by atoms with E-state index in [1.54, 1.807) is 24.5 Å². The number of pyridine rings is 1. The molecular weight excluding hydrogens is 503 g/mol. The molecule has 3 N–H and O–H groups in total. The minimum Gasteiger partial charge on any atom is -0.489 e. The summed E-state index contributed by atoms with van der Waals surface area (Å²) in [5.74, 6) is -2.37. The number of H-pyrrole nitrogens is 1. The van der Waals surface area contributed by atoms with Crippen LogP contribution in [-0.2, 0) is 11.3 Å². The van der Waals surface area contributed by atoms with Crippen LogP contribution in [0.25, 0.3) is 10.9 Å². The van der Waals surface area contributed by atoms with Gasteiger partial charge >= 0.3 is 12.1 Å². The summed E-state index contributed by atoms with van der Waals surface area (Å²) >= 11 is 0. The summed E-state index contributed by atoms with van der Waals surface area (Å²) in [5, 5.41) is 17.8. The van der Waals surface area contributed by atoms with Crippen LogP contribution < -0.4 is 10.1 Å². The first-order valence-corrected chi connectivity index (χ1v) is 11.6. The van der Waals surface area contributed by atoms with E-state index in [1.165, 1.54) is 5.56 Å². The van der Waals surface area contributed by atoms with Crippen LogP contribution >= 0.6 is 0 Å². The van der Waals surface area contributed by atoms with Gasteiger partial charge in [0.15, 0.2) is 0 Å². The minimum atomic E-state index is -5.08. The van der Waals surface area contributed by atoms with Gasteiger partial charge in [0.25, 0.3) is 5.91 Å². The summed E-state index contributed by atoms with van der Waals surface area (Å²) < 4.78 is 37.9. The van der Waals surface area contributed by atoms with Gasteiger partial charge in [-0.25, -0.2) is 4.79 Å². The van der Waals surface area contributed by atoms with Crippen molar-refractivity contribution in [2.45, 2.75) is 25.2 Å². The van der Waals surface area contributed by atoms with Gasteiger partial charge in [0, 0.05) is 43.0 Å². The van der Waals surface area contributed by atoms with Crippen LogP contribution in [-0.4, -0.2) is 62.4 Å². The normalized spacial score (nSPS) is 15.5. The minimum absolute atomic E-state index is 0.102. The first-order chi connectivity index (χ1) is 18.2. The van der Waals surface area contributed by atoms with Gasteiger partial charge in [-0.05, 0) is 36.2 Å². The van der Waals surface area contributed by atoms with Crippen LogP contribution in [0.15, 0.2) is 73.1 Å². The Bertz CT molecular complexity index is 1390. The molecule has 0 unspecified atom stereocenters. The maximum absolute atomic E-state index is 12.7. The molecule has 1 fully saturated rings. The average Bonchev–Trinajstić information content (AvgIpc) is 3.53. The van der Waals surface area contributed by atoms with E-state index in [9.17, 15) is 18.0 Å². The van der Waals surface area contributed by atoms with Crippen LogP contribution in [0.3, 0.4) is 0 Å². The molecule has 0 bridgehead atoms. The van der Waals surface area contributed by atoms with Crippen molar-refractivity contribution in [1.82, 2.24) is 20.1 Å². The number of nitrogens with one attached hydrogen (secondary N) is 2. The highest BCUT2D eigenvalue weighted by molar-refractivity contribution is 6.04. The van der Waals surface area contributed by atoms with Gasteiger partial charge in [-0.2, -0.15) is 18.3 Å². The zero-order chi connectivity index (χ0) is 27.1. The summed E-state index contributed by atoms with van der Waals surface area (Å²) in [7, 11) is 0. The number of likely N-dealkylation sites (tertiary alicyclic amines) is 1. The van der Waals surface area contributed by atoms with Crippen molar-refractivity contribution >= 4 is 28.5 Å². The molecule has 2 aromatic carbocycles. The number of halogens is 3. The van der Waals surface area contributed by atoms with Crippen LogP contribution in [0, 0.1) is 0 Å². The standard InChI is InChI=1S/C24H23N5O2.C2HF3O2/c30-24(27-19-6-7-22-18(12-19)14-26-28-22)23-13-20(8-10-25-23)31-21-9-11-29(16-21)15-17-4-2-1-3-5-17;3-2(4,5)1(6)7/h1-8,10,12-14,21H,9,11,15-16H2,(H,26,28)(H,27,30);(H,6,7)/t21-;/m0./s1. The molecule has 5 rings (SSSR count). The summed E-state index contributed by atoms with van der Waals surface area (Å²) in [6.45, 7) is 2.78. The number of carboxylic acids is 1. The first-order valence-electron chi connectivity index (χ1n) is 11.6. The topological polar surface area (TPSA) is 120 Å². The number of hydrogen-bond donors (Lipinski definition) is 3. The highest BCUT2D eigenvalue weighted by atomic mass is 19.4. The molecule has 1 atom stereocenters. The predicted octanol–water partition coefficient (Wildman–Crippen LogP) is 4.50. The van der Waals surface area contributed by atoms with Crippen molar-refractivity contribution in [2.24, 2.45) is 0 Å². The van der Waals surface area contributed by atoms with Gasteiger partial charge in [-0.3, -0.25) is 19.8 Å². The lowest BCUT2D eigenvalue weighted by atomic mass is 10.2. The lowest BCUT2D eigenvalue weighted by Gasteiger charge is -2.17. The van der Waals surface area contributed by atoms with Crippen molar-refractivity contribution in [3.05, 3.63) is 84.3 Å². The highest BCUT2D eigenvalue weighted by Crippen LogP contribution is 2.22. The Morgan fingerprint density at radius 3 is 2.63 bits per heavy atom. The molecule has 198 valence electrons. The monoisotopic (exact) mass is 527 g/mol. The molecule has 1 saturated heterocycles. The third kappa shape index (κ3) is 7.29. The van der Waals surface area contributed by atoms with E-state index in [-0.39, 0.29) is 12.0 Å². The van der Waals surface area contributed by atoms with Crippen molar-refractivity contribution in [3.63, 3.8) is 0 Å². The van der Waals surface area contributed by atoms with E-state index in [0.717, 1.165) is 37.0 Å². The molecule has 3 heterocycles. The summed E-state index contributed by atoms with van der Waals surface area (Å²) in [4.78, 5) is 28.2. The number of carbonyl (C=O) groups is 2. The van der Waals surface area contributed by atoms with Crippen molar-refractivity contribution in [3.8, 4) is 5.75 Å². The highest BCUT2D eigenvalue weighted by Gasteiger charge is 2.38. The number of benzene rings is 2. The number of carboxylic acid groups (broad SMARTS) is 1. The number of aromatic amines is 1. The van der Waals surface area contributed by atoms with E-state index < -0.39 is 12.1 Å². The Morgan fingerprint density at radius 2 is 1.89 bits per heavy atom. The molecule has 0 spiro atoms. The van der Waals surface area contributed by atoms with Gasteiger partial charge in [-0.15, -0.1) is 0 Å². The van der Waals surface area contributed by atoms with Crippen molar-refractivity contribution in [2.75, 3.05) is 18.4 Å². The van der Waals surface area contributed by atoms with Crippen LogP contribution in [0.2, 0.25) is 0 Å². The quantitative estimate of drug-likeness (QED) is 0.338. The zero-order valence-corrected chi connectivity index (χ0v) is 20.0. The van der Waals surface area contributed by atoms with Gasteiger partial charge in [0.05, 0.1) is 11.7 Å². The molecule has 0 radical (unpaired) electrons. The van der Waals surface area contributed by atoms with E-state index in [1.807, 2.05) is 24.3 Å². The second-order valence-corrected chi connectivity index (χ2v) is 8.56. The SMILES string of the molecule is O=C(Nc1ccc2[nH]ncc2c1)c1cc(O[C@H]2CCN(Cc3ccccc3)C2)ccn1.O=C(O)C(F)(F)F. The number of hydrogen-bond acceptors (Lipinski definition) is 6. The summed E-state index contributed by atoms with van der Waals surface area (Å²) in [6.07, 6.45) is -0.687. The maximum Gasteiger partial charge on any atom is 0.490 e. The van der Waals surface area contributed by atoms with Gasteiger partial charge in [0.1, 0.15) is 17.5 Å². The number of alkyl halides is 3. The molecule has 1 amide bonds. The van der Waals surface area contributed by atoms with Crippen LogP contribution in [0.5, 0.6) is 5.75 Å². The summed E-state index contributed by atoms with van der Waals surface area (Å²) in [6, 6.07) is 19.5. The number of fused-ring (bicyclic) bond motifs is 1. The van der Waals surface area contributed by atoms with E-state index in [4.69, 9.17) is 14.6 Å². The molecule has 0 aliphatic carbocycles. The number of aliphatic carboxylic acids is 1. The fourth-order valence-corrected chi connectivity index (χ4v) is 3.90. The Morgan fingerprint density at radius 1 is 1.13 bits per heavy atom. The second kappa shape index (κ2) is 11.7. The molecule has 4 aromatic rings. The maximum atomic E-state index is 12.7. The van der Waals surface area contributed by atoms with Gasteiger partial charge < -0.3 is 15.2 Å². The van der Waals surface area contributed by atoms with Crippen LogP contribution in [0.4, 0.5) is 18.9 Å². The molecule has 2 aromatic heterocycles. The number of aromatic nitrogens is 3. The molecule has 1 aliphatic heterocycles. The number of carbonyl (C=O) groups excluding carboxylic acids is 1. The average molecular weight is 528 g/mol. The molecule has 9 nitrogen and oxygen atoms in total. The Labute approximate surface area is 215 Å². The molecule has 1 aliphatic rings. The molecule has 12 heteroatoms. The molecule has 0 saturated carbocycles. The number of ether oxygens (including phenoxy) is 1. The fraction of sp³-hybridized carbons (Fsp3) is 0.231. The third-order valence-corrected chi connectivity index (χ3v) is 5.69. The number of rotatable bonds is 6. The molecular formula is C26H24F3N5O4. The third-order valence-electron chi connectivity index (χ3n) is 5.69. The van der Waals surface area contributed by atoms with Crippen molar-refractivity contribution in [1.29, 1.82) is 0 Å². The van der Waals surface area contributed by atoms with Crippen LogP contribution in [0.1, 0.15) is 22.5 Å². The first kappa shape index (κ1) is 26.6. The lowest BCUT2D eigenvalue weighted by Crippen LogP contribution is -2.24. The fourth-order valence-electron chi connectivity index (χ4n) is 3.90. The predicted molar refractivity (Wildman–Crippen MR) is 133 cm³/mol. The smallest absolute Gasteiger partial charge is 0.489 e. The zero-order valence-electron chi connectivity index (χ0n) is 20.0. The number of amides is 1. The van der Waals surface area contributed by atoms with E-state index >= 15 is 0 Å². The van der Waals surface area contributed by atoms with Gasteiger partial charge in [-0.1, -0.05) is 30.3 Å². The Balaban J connectivity index is 0.000000426. The van der Waals surface area contributed by atoms with Gasteiger partial charge in [0.2, 0.25) is 0 Å². The number of nitrogens with zero attached hydrogens (tertiary/aromatic N) is 3. The largest absolute Gasteiger partial charge is 0.490 e. The molecule has 38 heavy (non-hydrogen) atoms.